The SMILES string of the molecule is CCOC(=O)CC1CCN(c2cc(-c3cc(F)ccc3O)nnc2N)CC1. The maximum atomic E-state index is 13.5. The van der Waals surface area contributed by atoms with Gasteiger partial charge in [-0.25, -0.2) is 4.39 Å². The molecule has 7 nitrogen and oxygen atoms in total. The van der Waals surface area contributed by atoms with Crippen LogP contribution in [0.2, 0.25) is 0 Å². The number of nitrogen functional groups attached to an aromatic ring is 1. The summed E-state index contributed by atoms with van der Waals surface area (Å²) in [5.41, 5.74) is 7.30. The summed E-state index contributed by atoms with van der Waals surface area (Å²) < 4.78 is 18.6. The van der Waals surface area contributed by atoms with Gasteiger partial charge < -0.3 is 20.5 Å². The molecule has 0 radical (unpaired) electrons. The zero-order valence-electron chi connectivity index (χ0n) is 15.2. The van der Waals surface area contributed by atoms with E-state index in [1.165, 1.54) is 18.2 Å². The third-order valence-corrected chi connectivity index (χ3v) is 4.75. The second-order valence-corrected chi connectivity index (χ2v) is 6.60. The topological polar surface area (TPSA) is 102 Å². The van der Waals surface area contributed by atoms with Gasteiger partial charge in [0.25, 0.3) is 0 Å². The van der Waals surface area contributed by atoms with E-state index in [0.29, 0.717) is 37.5 Å². The molecule has 0 bridgehead atoms. The van der Waals surface area contributed by atoms with Gasteiger partial charge in [-0.3, -0.25) is 4.79 Å². The van der Waals surface area contributed by atoms with Crippen LogP contribution in [0.3, 0.4) is 0 Å². The quantitative estimate of drug-likeness (QED) is 0.776. The molecule has 3 N–H and O–H groups in total. The average Bonchev–Trinajstić information content (AvgIpc) is 2.65. The fourth-order valence-electron chi connectivity index (χ4n) is 3.32. The maximum Gasteiger partial charge on any atom is 0.306 e. The zero-order valence-corrected chi connectivity index (χ0v) is 15.2. The summed E-state index contributed by atoms with van der Waals surface area (Å²) in [6, 6.07) is 5.38. The normalized spacial score (nSPS) is 15.0. The van der Waals surface area contributed by atoms with Crippen molar-refractivity contribution in [1.29, 1.82) is 0 Å². The minimum Gasteiger partial charge on any atom is -0.507 e. The molecule has 1 aliphatic rings. The Balaban J connectivity index is 1.74. The number of anilines is 2. The van der Waals surface area contributed by atoms with E-state index in [1.54, 1.807) is 13.0 Å². The first-order chi connectivity index (χ1) is 13.0. The lowest BCUT2D eigenvalue weighted by Gasteiger charge is -2.33. The van der Waals surface area contributed by atoms with Gasteiger partial charge in [-0.05, 0) is 49.9 Å². The number of carbonyl (C=O) groups excluding carboxylic acids is 1. The van der Waals surface area contributed by atoms with Gasteiger partial charge in [0.1, 0.15) is 11.6 Å². The van der Waals surface area contributed by atoms with Crippen LogP contribution in [0.1, 0.15) is 26.2 Å². The van der Waals surface area contributed by atoms with Crippen molar-refractivity contribution in [2.45, 2.75) is 26.2 Å². The molecule has 27 heavy (non-hydrogen) atoms. The number of aromatic hydroxyl groups is 1. The Kier molecular flexibility index (Phi) is 5.73. The first-order valence-electron chi connectivity index (χ1n) is 9.00. The van der Waals surface area contributed by atoms with Gasteiger partial charge in [0.05, 0.1) is 18.0 Å². The fraction of sp³-hybridized carbons (Fsp3) is 0.421. The number of carbonyl (C=O) groups is 1. The Morgan fingerprint density at radius 3 is 2.78 bits per heavy atom. The minimum atomic E-state index is -0.470. The van der Waals surface area contributed by atoms with Crippen LogP contribution in [0.25, 0.3) is 11.3 Å². The van der Waals surface area contributed by atoms with Crippen LogP contribution in [-0.2, 0) is 9.53 Å². The number of esters is 1. The molecule has 144 valence electrons. The van der Waals surface area contributed by atoms with Gasteiger partial charge in [-0.1, -0.05) is 0 Å². The highest BCUT2D eigenvalue weighted by atomic mass is 19.1. The molecule has 2 aromatic rings. The fourth-order valence-corrected chi connectivity index (χ4v) is 3.32. The number of ether oxygens (including phenoxy) is 1. The smallest absolute Gasteiger partial charge is 0.306 e. The summed E-state index contributed by atoms with van der Waals surface area (Å²) in [5.74, 6) is -0.149. The molecule has 8 heteroatoms. The van der Waals surface area contributed by atoms with E-state index >= 15 is 0 Å². The largest absolute Gasteiger partial charge is 0.507 e. The molecule has 1 aromatic carbocycles. The number of aromatic nitrogens is 2. The molecule has 0 aliphatic carbocycles. The van der Waals surface area contributed by atoms with E-state index in [1.807, 2.05) is 0 Å². The maximum absolute atomic E-state index is 13.5. The van der Waals surface area contributed by atoms with E-state index in [0.717, 1.165) is 12.8 Å². The van der Waals surface area contributed by atoms with Crippen LogP contribution in [0, 0.1) is 11.7 Å². The Labute approximate surface area is 157 Å². The van der Waals surface area contributed by atoms with Crippen LogP contribution in [-0.4, -0.2) is 41.0 Å². The molecule has 1 aliphatic heterocycles. The summed E-state index contributed by atoms with van der Waals surface area (Å²) in [6.45, 7) is 3.63. The molecular weight excluding hydrogens is 351 g/mol. The van der Waals surface area contributed by atoms with Crippen molar-refractivity contribution >= 4 is 17.5 Å². The van der Waals surface area contributed by atoms with Gasteiger partial charge in [0.15, 0.2) is 5.82 Å². The van der Waals surface area contributed by atoms with Crippen molar-refractivity contribution in [2.75, 3.05) is 30.3 Å². The summed E-state index contributed by atoms with van der Waals surface area (Å²) in [7, 11) is 0. The van der Waals surface area contributed by atoms with Gasteiger partial charge in [-0.15, -0.1) is 10.2 Å². The van der Waals surface area contributed by atoms with Crippen molar-refractivity contribution in [1.82, 2.24) is 10.2 Å². The number of benzene rings is 1. The summed E-state index contributed by atoms with van der Waals surface area (Å²) >= 11 is 0. The van der Waals surface area contributed by atoms with E-state index in [-0.39, 0.29) is 29.0 Å². The lowest BCUT2D eigenvalue weighted by atomic mass is 9.93. The Morgan fingerprint density at radius 1 is 1.33 bits per heavy atom. The molecule has 0 spiro atoms. The van der Waals surface area contributed by atoms with E-state index < -0.39 is 5.82 Å². The number of phenolic OH excluding ortho intramolecular Hbond substituents is 1. The third kappa shape index (κ3) is 4.45. The Bertz CT molecular complexity index is 823. The zero-order chi connectivity index (χ0) is 19.4. The minimum absolute atomic E-state index is 0.0745. The van der Waals surface area contributed by atoms with Crippen LogP contribution < -0.4 is 10.6 Å². The standard InChI is InChI=1S/C19H23FN4O3/c1-2-27-18(26)9-12-5-7-24(8-6-12)16-11-15(22-23-19(16)21)14-10-13(20)3-4-17(14)25/h3-4,10-12,25H,2,5-9H2,1H3,(H2,21,23). The Morgan fingerprint density at radius 2 is 2.07 bits per heavy atom. The Hall–Kier alpha value is -2.90. The molecule has 0 saturated carbocycles. The number of hydrogen-bond donors (Lipinski definition) is 2. The van der Waals surface area contributed by atoms with Crippen molar-refractivity contribution in [3.63, 3.8) is 0 Å². The summed E-state index contributed by atoms with van der Waals surface area (Å²) in [5, 5.41) is 18.0. The summed E-state index contributed by atoms with van der Waals surface area (Å²) in [6.07, 6.45) is 2.09. The predicted molar refractivity (Wildman–Crippen MR) is 99.7 cm³/mol. The molecule has 2 heterocycles. The van der Waals surface area contributed by atoms with Crippen molar-refractivity contribution in [3.05, 3.63) is 30.1 Å². The number of rotatable bonds is 5. The molecule has 0 amide bonds. The molecule has 1 aromatic heterocycles. The summed E-state index contributed by atoms with van der Waals surface area (Å²) in [4.78, 5) is 13.7. The predicted octanol–water partition coefficient (Wildman–Crippen LogP) is 2.74. The molecule has 1 fully saturated rings. The van der Waals surface area contributed by atoms with Crippen molar-refractivity contribution in [2.24, 2.45) is 5.92 Å². The molecular formula is C19H23FN4O3. The second-order valence-electron chi connectivity index (χ2n) is 6.60. The van der Waals surface area contributed by atoms with Gasteiger partial charge in [0, 0.05) is 25.1 Å². The lowest BCUT2D eigenvalue weighted by Crippen LogP contribution is -2.35. The first-order valence-corrected chi connectivity index (χ1v) is 9.00. The highest BCUT2D eigenvalue weighted by molar-refractivity contribution is 5.74. The highest BCUT2D eigenvalue weighted by Crippen LogP contribution is 2.34. The number of piperidine rings is 1. The number of hydrogen-bond acceptors (Lipinski definition) is 7. The van der Waals surface area contributed by atoms with Crippen LogP contribution in [0.4, 0.5) is 15.9 Å². The highest BCUT2D eigenvalue weighted by Gasteiger charge is 2.24. The van der Waals surface area contributed by atoms with Crippen LogP contribution in [0.15, 0.2) is 24.3 Å². The molecule has 0 atom stereocenters. The van der Waals surface area contributed by atoms with Gasteiger partial charge in [-0.2, -0.15) is 0 Å². The van der Waals surface area contributed by atoms with E-state index in [4.69, 9.17) is 10.5 Å². The lowest BCUT2D eigenvalue weighted by molar-refractivity contribution is -0.144. The van der Waals surface area contributed by atoms with Gasteiger partial charge in [0.2, 0.25) is 0 Å². The van der Waals surface area contributed by atoms with Crippen LogP contribution >= 0.6 is 0 Å². The first kappa shape index (κ1) is 18.9. The number of halogens is 1. The number of nitrogens with two attached hydrogens (primary N) is 1. The van der Waals surface area contributed by atoms with Gasteiger partial charge >= 0.3 is 5.97 Å². The van der Waals surface area contributed by atoms with Crippen molar-refractivity contribution < 1.29 is 19.0 Å². The third-order valence-electron chi connectivity index (χ3n) is 4.75. The van der Waals surface area contributed by atoms with E-state index in [9.17, 15) is 14.3 Å². The number of nitrogens with zero attached hydrogens (tertiary/aromatic N) is 3. The van der Waals surface area contributed by atoms with E-state index in [2.05, 4.69) is 15.1 Å². The molecule has 1 saturated heterocycles. The molecule has 3 rings (SSSR count). The monoisotopic (exact) mass is 374 g/mol. The van der Waals surface area contributed by atoms with Crippen LogP contribution in [0.5, 0.6) is 5.75 Å². The average molecular weight is 374 g/mol. The number of phenols is 1. The van der Waals surface area contributed by atoms with Crippen molar-refractivity contribution in [3.8, 4) is 17.0 Å². The molecule has 0 unspecified atom stereocenters. The second kappa shape index (κ2) is 8.20.